The SMILES string of the molecule is C=C(C)C(=O)OC.C=C(C)C(=O)OCC1CO1.C=CC(=O)O.C=CC(=O)OCCCC. The maximum absolute atomic E-state index is 10.7. The lowest BCUT2D eigenvalue weighted by Crippen LogP contribution is -2.09. The second-order valence-corrected chi connectivity index (χ2v) is 5.87. The van der Waals surface area contributed by atoms with Crippen LogP contribution < -0.4 is 0 Å². The molecule has 1 saturated heterocycles. The van der Waals surface area contributed by atoms with Crippen molar-refractivity contribution in [3.8, 4) is 0 Å². The van der Waals surface area contributed by atoms with Crippen molar-refractivity contribution in [2.24, 2.45) is 0 Å². The van der Waals surface area contributed by atoms with Gasteiger partial charge >= 0.3 is 23.9 Å². The van der Waals surface area contributed by atoms with Gasteiger partial charge in [0, 0.05) is 23.3 Å². The van der Waals surface area contributed by atoms with Crippen molar-refractivity contribution in [3.05, 3.63) is 49.6 Å². The third-order valence-corrected chi connectivity index (χ3v) is 2.77. The molecule has 176 valence electrons. The van der Waals surface area contributed by atoms with Crippen molar-refractivity contribution < 1.29 is 43.2 Å². The lowest BCUT2D eigenvalue weighted by molar-refractivity contribution is -0.139. The van der Waals surface area contributed by atoms with E-state index in [1.807, 2.05) is 6.92 Å². The number of carbonyl (C=O) groups is 4. The zero-order chi connectivity index (χ0) is 24.8. The summed E-state index contributed by atoms with van der Waals surface area (Å²) in [6, 6.07) is 0. The number of carboxylic acid groups (broad SMARTS) is 1. The van der Waals surface area contributed by atoms with E-state index in [1.165, 1.54) is 13.2 Å². The van der Waals surface area contributed by atoms with Gasteiger partial charge in [-0.25, -0.2) is 19.2 Å². The number of ether oxygens (including phenoxy) is 4. The Morgan fingerprint density at radius 2 is 1.52 bits per heavy atom. The van der Waals surface area contributed by atoms with Crippen LogP contribution in [0.1, 0.15) is 33.6 Å². The molecule has 0 saturated carbocycles. The van der Waals surface area contributed by atoms with Gasteiger partial charge in [-0.2, -0.15) is 0 Å². The topological polar surface area (TPSA) is 129 Å². The van der Waals surface area contributed by atoms with Crippen molar-refractivity contribution in [2.75, 3.05) is 26.9 Å². The van der Waals surface area contributed by atoms with Crippen LogP contribution in [0.2, 0.25) is 0 Å². The minimum absolute atomic E-state index is 0.142. The van der Waals surface area contributed by atoms with E-state index in [1.54, 1.807) is 13.8 Å². The fraction of sp³-hybridized carbons (Fsp3) is 0.455. The van der Waals surface area contributed by atoms with E-state index in [9.17, 15) is 19.2 Å². The maximum atomic E-state index is 10.7. The van der Waals surface area contributed by atoms with E-state index < -0.39 is 5.97 Å². The van der Waals surface area contributed by atoms with Crippen LogP contribution in [0.25, 0.3) is 0 Å². The monoisotopic (exact) mass is 442 g/mol. The van der Waals surface area contributed by atoms with Crippen LogP contribution in [0.3, 0.4) is 0 Å². The molecule has 0 aromatic heterocycles. The van der Waals surface area contributed by atoms with Gasteiger partial charge in [0.2, 0.25) is 0 Å². The summed E-state index contributed by atoms with van der Waals surface area (Å²) >= 11 is 0. The molecule has 1 heterocycles. The fourth-order valence-corrected chi connectivity index (χ4v) is 1.01. The molecule has 1 fully saturated rings. The molecule has 9 nitrogen and oxygen atoms in total. The van der Waals surface area contributed by atoms with Gasteiger partial charge in [-0.1, -0.05) is 39.7 Å². The van der Waals surface area contributed by atoms with Crippen LogP contribution in [0.15, 0.2) is 49.6 Å². The molecule has 31 heavy (non-hydrogen) atoms. The predicted octanol–water partition coefficient (Wildman–Crippen LogP) is 3.01. The van der Waals surface area contributed by atoms with Crippen LogP contribution in [0.4, 0.5) is 0 Å². The Morgan fingerprint density at radius 1 is 1.03 bits per heavy atom. The molecule has 0 spiro atoms. The minimum atomic E-state index is -0.981. The zero-order valence-corrected chi connectivity index (χ0v) is 18.8. The van der Waals surface area contributed by atoms with Crippen molar-refractivity contribution >= 4 is 23.9 Å². The Morgan fingerprint density at radius 3 is 1.77 bits per heavy atom. The Bertz CT molecular complexity index is 616. The van der Waals surface area contributed by atoms with Gasteiger partial charge in [0.1, 0.15) is 12.7 Å². The van der Waals surface area contributed by atoms with Crippen LogP contribution in [0, 0.1) is 0 Å². The molecule has 0 radical (unpaired) electrons. The highest BCUT2D eigenvalue weighted by atomic mass is 16.6. The van der Waals surface area contributed by atoms with E-state index in [2.05, 4.69) is 35.8 Å². The highest BCUT2D eigenvalue weighted by Crippen LogP contribution is 2.09. The number of methoxy groups -OCH3 is 1. The molecule has 1 aliphatic rings. The smallest absolute Gasteiger partial charge is 0.333 e. The molecule has 0 aromatic carbocycles. The Kier molecular flexibility index (Phi) is 22.5. The molecule has 0 amide bonds. The van der Waals surface area contributed by atoms with Crippen molar-refractivity contribution in [2.45, 2.75) is 39.7 Å². The van der Waals surface area contributed by atoms with Crippen molar-refractivity contribution in [1.82, 2.24) is 0 Å². The van der Waals surface area contributed by atoms with Crippen molar-refractivity contribution in [1.29, 1.82) is 0 Å². The first-order chi connectivity index (χ1) is 14.5. The molecular weight excluding hydrogens is 408 g/mol. The van der Waals surface area contributed by atoms with Gasteiger partial charge in [-0.3, -0.25) is 0 Å². The Balaban J connectivity index is -0.000000348. The van der Waals surface area contributed by atoms with E-state index in [-0.39, 0.29) is 24.0 Å². The average Bonchev–Trinajstić information content (AvgIpc) is 3.57. The first kappa shape index (κ1) is 32.5. The predicted molar refractivity (Wildman–Crippen MR) is 116 cm³/mol. The summed E-state index contributed by atoms with van der Waals surface area (Å²) in [6.07, 6.45) is 4.13. The third kappa shape index (κ3) is 29.1. The lowest BCUT2D eigenvalue weighted by atomic mass is 10.4. The second kappa shape index (κ2) is 21.5. The number of carbonyl (C=O) groups excluding carboxylic acids is 3. The Hall–Kier alpha value is -3.20. The zero-order valence-electron chi connectivity index (χ0n) is 18.8. The van der Waals surface area contributed by atoms with Crippen LogP contribution in [0.5, 0.6) is 0 Å². The number of carboxylic acids is 1. The number of epoxide rings is 1. The van der Waals surface area contributed by atoms with Gasteiger partial charge in [-0.05, 0) is 20.3 Å². The lowest BCUT2D eigenvalue weighted by Gasteiger charge is -1.99. The first-order valence-electron chi connectivity index (χ1n) is 9.29. The minimum Gasteiger partial charge on any atom is -0.478 e. The van der Waals surface area contributed by atoms with Gasteiger partial charge in [-0.15, -0.1) is 0 Å². The highest BCUT2D eigenvalue weighted by molar-refractivity contribution is 5.87. The number of esters is 3. The molecule has 1 atom stereocenters. The first-order valence-corrected chi connectivity index (χ1v) is 9.29. The van der Waals surface area contributed by atoms with Crippen LogP contribution in [-0.2, 0) is 38.1 Å². The van der Waals surface area contributed by atoms with Gasteiger partial charge in [0.25, 0.3) is 0 Å². The number of hydrogen-bond acceptors (Lipinski definition) is 8. The van der Waals surface area contributed by atoms with Crippen LogP contribution in [-0.4, -0.2) is 62.0 Å². The Labute approximate surface area is 184 Å². The quantitative estimate of drug-likeness (QED) is 0.188. The summed E-state index contributed by atoms with van der Waals surface area (Å²) in [5.41, 5.74) is 0.864. The van der Waals surface area contributed by atoms with E-state index >= 15 is 0 Å². The second-order valence-electron chi connectivity index (χ2n) is 5.87. The van der Waals surface area contributed by atoms with E-state index in [0.29, 0.717) is 31.0 Å². The summed E-state index contributed by atoms with van der Waals surface area (Å²) in [5, 5.41) is 7.60. The standard InChI is InChI=1S/C7H10O3.C7H12O2.C5H8O2.C3H4O2/c1-5(2)7(8)10-4-6-3-9-6;1-3-5-6-9-7(8)4-2;1-4(2)5(6)7-3;1-2-3(4)5/h6H,1,3-4H2,2H3;4H,2-3,5-6H2,1H3;1H2,2-3H3;2H,1H2,(H,4,5). The highest BCUT2D eigenvalue weighted by Gasteiger charge is 2.24. The molecule has 1 N–H and O–H groups in total. The van der Waals surface area contributed by atoms with Gasteiger partial charge in [0.05, 0.1) is 20.3 Å². The number of hydrogen-bond donors (Lipinski definition) is 1. The molecule has 0 aromatic rings. The number of aliphatic carboxylic acids is 1. The molecule has 1 rings (SSSR count). The van der Waals surface area contributed by atoms with Crippen LogP contribution >= 0.6 is 0 Å². The van der Waals surface area contributed by atoms with Gasteiger partial charge in [0.15, 0.2) is 0 Å². The largest absolute Gasteiger partial charge is 0.478 e. The third-order valence-electron chi connectivity index (χ3n) is 2.77. The number of unbranched alkanes of at least 4 members (excludes halogenated alkanes) is 1. The molecule has 1 aliphatic heterocycles. The molecule has 9 heteroatoms. The molecule has 0 aliphatic carbocycles. The maximum Gasteiger partial charge on any atom is 0.333 e. The van der Waals surface area contributed by atoms with Crippen molar-refractivity contribution in [3.63, 3.8) is 0 Å². The average molecular weight is 443 g/mol. The summed E-state index contributed by atoms with van der Waals surface area (Å²) < 4.78 is 18.5. The summed E-state index contributed by atoms with van der Waals surface area (Å²) in [5.74, 6) is -2.00. The fourth-order valence-electron chi connectivity index (χ4n) is 1.01. The van der Waals surface area contributed by atoms with E-state index in [0.717, 1.165) is 18.9 Å². The molecular formula is C22H34O9. The molecule has 0 bridgehead atoms. The van der Waals surface area contributed by atoms with E-state index in [4.69, 9.17) is 14.6 Å². The summed E-state index contributed by atoms with van der Waals surface area (Å²) in [4.78, 5) is 40.5. The summed E-state index contributed by atoms with van der Waals surface area (Å²) in [7, 11) is 1.33. The number of rotatable bonds is 9. The molecule has 1 unspecified atom stereocenters. The summed E-state index contributed by atoms with van der Waals surface area (Å²) in [6.45, 7) is 19.9. The normalized spacial score (nSPS) is 12.3. The van der Waals surface area contributed by atoms with Gasteiger partial charge < -0.3 is 24.1 Å².